The molecule has 5 heteroatoms. The number of unbranched alkanes of at least 4 members (excludes halogenated alkanes) is 1. The Hall–Kier alpha value is -1.46. The summed E-state index contributed by atoms with van der Waals surface area (Å²) in [6.07, 6.45) is 4.60. The number of carbonyl (C=O) groups excluding carboxylic acids is 1. The molecule has 0 spiro atoms. The van der Waals surface area contributed by atoms with Crippen molar-refractivity contribution in [1.29, 1.82) is 0 Å². The van der Waals surface area contributed by atoms with Crippen molar-refractivity contribution in [2.45, 2.75) is 38.6 Å². The average Bonchev–Trinajstić information content (AvgIpc) is 2.56. The third-order valence-electron chi connectivity index (χ3n) is 4.93. The molecule has 0 bridgehead atoms. The first-order chi connectivity index (χ1) is 11.5. The van der Waals surface area contributed by atoms with Gasteiger partial charge in [0, 0.05) is 6.54 Å². The van der Waals surface area contributed by atoms with Crippen LogP contribution in [-0.4, -0.2) is 48.9 Å². The van der Waals surface area contributed by atoms with Gasteiger partial charge in [-0.15, -0.1) is 0 Å². The maximum atomic E-state index is 13.1. The fraction of sp³-hybridized carbons (Fsp3) is 0.632. The second-order valence-electron chi connectivity index (χ2n) is 6.95. The number of benzene rings is 1. The van der Waals surface area contributed by atoms with Gasteiger partial charge >= 0.3 is 0 Å². The predicted octanol–water partition coefficient (Wildman–Crippen LogP) is 2.80. The lowest BCUT2D eigenvalue weighted by Gasteiger charge is -2.37. The van der Waals surface area contributed by atoms with Gasteiger partial charge < -0.3 is 10.6 Å². The van der Waals surface area contributed by atoms with Crippen LogP contribution in [-0.2, 0) is 4.79 Å². The van der Waals surface area contributed by atoms with Crippen molar-refractivity contribution < 1.29 is 9.18 Å². The van der Waals surface area contributed by atoms with Crippen molar-refractivity contribution in [2.75, 3.05) is 33.2 Å². The fourth-order valence-corrected chi connectivity index (χ4v) is 3.55. The van der Waals surface area contributed by atoms with Crippen LogP contribution in [0.3, 0.4) is 0 Å². The Kier molecular flexibility index (Phi) is 7.18. The van der Waals surface area contributed by atoms with Gasteiger partial charge in [0.1, 0.15) is 11.9 Å². The zero-order valence-electron chi connectivity index (χ0n) is 14.9. The van der Waals surface area contributed by atoms with Crippen molar-refractivity contribution in [2.24, 2.45) is 11.7 Å². The van der Waals surface area contributed by atoms with Gasteiger partial charge in [-0.1, -0.05) is 25.5 Å². The lowest BCUT2D eigenvalue weighted by molar-refractivity contribution is -0.124. The highest BCUT2D eigenvalue weighted by atomic mass is 19.1. The Labute approximate surface area is 144 Å². The van der Waals surface area contributed by atoms with Crippen LogP contribution in [0.1, 0.15) is 44.2 Å². The molecule has 2 N–H and O–H groups in total. The molecule has 4 nitrogen and oxygen atoms in total. The molecule has 1 unspecified atom stereocenters. The molecule has 134 valence electrons. The number of likely N-dealkylation sites (tertiary alicyclic amines) is 1. The van der Waals surface area contributed by atoms with Crippen LogP contribution in [0.4, 0.5) is 4.39 Å². The minimum atomic E-state index is -0.454. The smallest absolute Gasteiger partial charge is 0.239 e. The predicted molar refractivity (Wildman–Crippen MR) is 95.0 cm³/mol. The van der Waals surface area contributed by atoms with E-state index >= 15 is 0 Å². The summed E-state index contributed by atoms with van der Waals surface area (Å²) in [6.45, 7) is 6.20. The van der Waals surface area contributed by atoms with E-state index in [0.717, 1.165) is 44.6 Å². The number of primary amides is 1. The number of piperidine rings is 1. The fourth-order valence-electron chi connectivity index (χ4n) is 3.55. The molecule has 1 aliphatic heterocycles. The van der Waals surface area contributed by atoms with Gasteiger partial charge in [0.2, 0.25) is 5.91 Å². The van der Waals surface area contributed by atoms with Crippen LogP contribution < -0.4 is 5.73 Å². The monoisotopic (exact) mass is 335 g/mol. The number of hydrogen-bond acceptors (Lipinski definition) is 3. The van der Waals surface area contributed by atoms with E-state index in [1.54, 1.807) is 12.1 Å². The molecule has 1 atom stereocenters. The molecule has 2 rings (SSSR count). The summed E-state index contributed by atoms with van der Waals surface area (Å²) in [6, 6.07) is 5.65. The van der Waals surface area contributed by atoms with Crippen LogP contribution >= 0.6 is 0 Å². The third kappa shape index (κ3) is 5.28. The van der Waals surface area contributed by atoms with E-state index in [-0.39, 0.29) is 11.7 Å². The zero-order chi connectivity index (χ0) is 17.5. The summed E-state index contributed by atoms with van der Waals surface area (Å²) < 4.78 is 13.1. The first-order valence-electron chi connectivity index (χ1n) is 8.98. The molecule has 0 radical (unpaired) electrons. The third-order valence-corrected chi connectivity index (χ3v) is 4.93. The van der Waals surface area contributed by atoms with E-state index in [0.29, 0.717) is 5.92 Å². The minimum Gasteiger partial charge on any atom is -0.368 e. The molecule has 1 aromatic rings. The minimum absolute atomic E-state index is 0.296. The quantitative estimate of drug-likeness (QED) is 0.795. The maximum Gasteiger partial charge on any atom is 0.239 e. The summed E-state index contributed by atoms with van der Waals surface area (Å²) in [5, 5.41) is 0. The summed E-state index contributed by atoms with van der Waals surface area (Å²) in [5.74, 6) is 0.0146. The Balaban J connectivity index is 1.91. The van der Waals surface area contributed by atoms with Crippen LogP contribution in [0.25, 0.3) is 0 Å². The lowest BCUT2D eigenvalue weighted by atomic mass is 9.93. The first kappa shape index (κ1) is 18.9. The van der Waals surface area contributed by atoms with Crippen LogP contribution in [0.5, 0.6) is 0 Å². The topological polar surface area (TPSA) is 49.6 Å². The number of hydrogen-bond donors (Lipinski definition) is 1. The molecule has 1 saturated heterocycles. The molecule has 1 fully saturated rings. The van der Waals surface area contributed by atoms with Gasteiger partial charge in [0.15, 0.2) is 0 Å². The molecule has 24 heavy (non-hydrogen) atoms. The van der Waals surface area contributed by atoms with Crippen molar-refractivity contribution in [3.8, 4) is 0 Å². The SMILES string of the molecule is CCCCN(C)CC1CCN(C(C(N)=O)c2ccc(F)cc2)CC1. The number of nitrogens with two attached hydrogens (primary N) is 1. The number of halogens is 1. The molecule has 1 aromatic carbocycles. The van der Waals surface area contributed by atoms with Crippen molar-refractivity contribution in [1.82, 2.24) is 9.80 Å². The van der Waals surface area contributed by atoms with Crippen LogP contribution in [0.15, 0.2) is 24.3 Å². The Morgan fingerprint density at radius 1 is 1.33 bits per heavy atom. The number of carbonyl (C=O) groups is 1. The lowest BCUT2D eigenvalue weighted by Crippen LogP contribution is -2.44. The zero-order valence-corrected chi connectivity index (χ0v) is 14.9. The summed E-state index contributed by atoms with van der Waals surface area (Å²) >= 11 is 0. The summed E-state index contributed by atoms with van der Waals surface area (Å²) in [4.78, 5) is 16.5. The first-order valence-corrected chi connectivity index (χ1v) is 8.98. The molecule has 0 aromatic heterocycles. The molecule has 0 saturated carbocycles. The second-order valence-corrected chi connectivity index (χ2v) is 6.95. The summed E-state index contributed by atoms with van der Waals surface area (Å²) in [7, 11) is 2.19. The van der Waals surface area contributed by atoms with Gasteiger partial charge in [-0.25, -0.2) is 4.39 Å². The average molecular weight is 335 g/mol. The van der Waals surface area contributed by atoms with E-state index in [9.17, 15) is 9.18 Å². The Morgan fingerprint density at radius 2 is 1.96 bits per heavy atom. The molecular formula is C19H30FN3O. The Bertz CT molecular complexity index is 512. The standard InChI is InChI=1S/C19H30FN3O/c1-3-4-11-22(2)14-15-9-12-23(13-10-15)18(19(21)24)16-5-7-17(20)8-6-16/h5-8,15,18H,3-4,9-14H2,1-2H3,(H2,21,24). The van der Waals surface area contributed by atoms with Crippen molar-refractivity contribution >= 4 is 5.91 Å². The molecule has 1 aliphatic rings. The largest absolute Gasteiger partial charge is 0.368 e. The van der Waals surface area contributed by atoms with Gasteiger partial charge in [-0.3, -0.25) is 9.69 Å². The van der Waals surface area contributed by atoms with E-state index < -0.39 is 6.04 Å². The Morgan fingerprint density at radius 3 is 2.50 bits per heavy atom. The van der Waals surface area contributed by atoms with Gasteiger partial charge in [-0.2, -0.15) is 0 Å². The van der Waals surface area contributed by atoms with E-state index in [1.807, 2.05) is 0 Å². The van der Waals surface area contributed by atoms with E-state index in [2.05, 4.69) is 23.8 Å². The maximum absolute atomic E-state index is 13.1. The molecule has 1 heterocycles. The van der Waals surface area contributed by atoms with E-state index in [4.69, 9.17) is 5.73 Å². The second kappa shape index (κ2) is 9.14. The molecule has 1 amide bonds. The number of amides is 1. The number of rotatable bonds is 8. The highest BCUT2D eigenvalue weighted by Crippen LogP contribution is 2.27. The van der Waals surface area contributed by atoms with Gasteiger partial charge in [0.25, 0.3) is 0 Å². The van der Waals surface area contributed by atoms with Crippen molar-refractivity contribution in [3.63, 3.8) is 0 Å². The highest BCUT2D eigenvalue weighted by Gasteiger charge is 2.30. The number of nitrogens with zero attached hydrogens (tertiary/aromatic N) is 2. The van der Waals surface area contributed by atoms with E-state index in [1.165, 1.54) is 25.0 Å². The van der Waals surface area contributed by atoms with Crippen molar-refractivity contribution in [3.05, 3.63) is 35.6 Å². The van der Waals surface area contributed by atoms with Crippen LogP contribution in [0, 0.1) is 11.7 Å². The van der Waals surface area contributed by atoms with Gasteiger partial charge in [-0.05, 0) is 69.6 Å². The molecule has 0 aliphatic carbocycles. The normalized spacial score (nSPS) is 18.0. The molecular weight excluding hydrogens is 305 g/mol. The van der Waals surface area contributed by atoms with Crippen LogP contribution in [0.2, 0.25) is 0 Å². The summed E-state index contributed by atoms with van der Waals surface area (Å²) in [5.41, 5.74) is 6.41. The van der Waals surface area contributed by atoms with Gasteiger partial charge in [0.05, 0.1) is 0 Å². The highest BCUT2D eigenvalue weighted by molar-refractivity contribution is 5.81.